The Kier molecular flexibility index (Phi) is 5.24. The van der Waals surface area contributed by atoms with Gasteiger partial charge < -0.3 is 9.47 Å². The second kappa shape index (κ2) is 8.68. The Hall–Kier alpha value is -4.21. The molecule has 0 saturated carbocycles. The molecule has 0 amide bonds. The van der Waals surface area contributed by atoms with E-state index < -0.39 is 11.0 Å². The summed E-state index contributed by atoms with van der Waals surface area (Å²) >= 11 is 7.88. The standard InChI is InChI=1S/C28H18ClN3O5S/c29-20-8-4-3-7-18(20)26-19-10-9-15-5-1-2-6-17(15)25(19)30-28-31(26)27(33)24(38-28)12-16-11-22-23(37-14-36-22)13-21(16)32(34)35/h1-8,11-13,26H,9-10,14H2/t26-/m0/s1. The first kappa shape index (κ1) is 22.9. The Morgan fingerprint density at radius 1 is 1.08 bits per heavy atom. The van der Waals surface area contributed by atoms with E-state index in [1.54, 1.807) is 4.57 Å². The fourth-order valence-electron chi connectivity index (χ4n) is 5.36. The molecule has 1 atom stereocenters. The second-order valence-electron chi connectivity index (χ2n) is 9.16. The number of hydrogen-bond acceptors (Lipinski definition) is 7. The molecule has 2 aliphatic heterocycles. The lowest BCUT2D eigenvalue weighted by molar-refractivity contribution is -0.385. The van der Waals surface area contributed by atoms with Gasteiger partial charge in [-0.1, -0.05) is 65.4 Å². The van der Waals surface area contributed by atoms with Crippen molar-refractivity contribution in [2.75, 3.05) is 6.79 Å². The van der Waals surface area contributed by atoms with Gasteiger partial charge in [-0.25, -0.2) is 4.99 Å². The number of allylic oxidation sites excluding steroid dienone is 1. The van der Waals surface area contributed by atoms with Crippen LogP contribution in [-0.2, 0) is 6.42 Å². The van der Waals surface area contributed by atoms with Crippen LogP contribution in [0.25, 0.3) is 11.8 Å². The van der Waals surface area contributed by atoms with Gasteiger partial charge in [-0.2, -0.15) is 0 Å². The Morgan fingerprint density at radius 3 is 2.66 bits per heavy atom. The summed E-state index contributed by atoms with van der Waals surface area (Å²) < 4.78 is 12.7. The van der Waals surface area contributed by atoms with Gasteiger partial charge in [0.2, 0.25) is 6.79 Å². The number of nitro benzene ring substituents is 1. The molecular weight excluding hydrogens is 526 g/mol. The van der Waals surface area contributed by atoms with Crippen LogP contribution in [0.1, 0.15) is 34.7 Å². The normalized spacial score (nSPS) is 17.5. The average molecular weight is 544 g/mol. The predicted octanol–water partition coefficient (Wildman–Crippen LogP) is 4.61. The monoisotopic (exact) mass is 543 g/mol. The van der Waals surface area contributed by atoms with E-state index in [1.807, 2.05) is 36.4 Å². The van der Waals surface area contributed by atoms with E-state index in [9.17, 15) is 14.9 Å². The van der Waals surface area contributed by atoms with Crippen LogP contribution in [-0.4, -0.2) is 16.3 Å². The summed E-state index contributed by atoms with van der Waals surface area (Å²) in [6, 6.07) is 18.1. The lowest BCUT2D eigenvalue weighted by Gasteiger charge is -2.31. The van der Waals surface area contributed by atoms with Crippen molar-refractivity contribution < 1.29 is 14.4 Å². The number of ether oxygens (including phenoxy) is 2. The molecule has 0 fully saturated rings. The van der Waals surface area contributed by atoms with Gasteiger partial charge in [0.25, 0.3) is 11.2 Å². The van der Waals surface area contributed by atoms with E-state index >= 15 is 0 Å². The van der Waals surface area contributed by atoms with Crippen LogP contribution in [0.4, 0.5) is 5.69 Å². The van der Waals surface area contributed by atoms with Crippen LogP contribution in [0.3, 0.4) is 0 Å². The first-order chi connectivity index (χ1) is 18.5. The molecule has 0 unspecified atom stereocenters. The minimum atomic E-state index is -0.493. The van der Waals surface area contributed by atoms with E-state index in [4.69, 9.17) is 26.1 Å². The maximum atomic E-state index is 13.9. The van der Waals surface area contributed by atoms with Crippen LogP contribution in [0.2, 0.25) is 5.02 Å². The highest BCUT2D eigenvalue weighted by molar-refractivity contribution is 7.07. The number of hydrogen-bond donors (Lipinski definition) is 0. The van der Waals surface area contributed by atoms with Crippen LogP contribution in [0, 0.1) is 10.1 Å². The molecule has 188 valence electrons. The fourth-order valence-corrected chi connectivity index (χ4v) is 6.59. The molecular formula is C28H18ClN3O5S. The molecule has 3 aliphatic rings. The minimum absolute atomic E-state index is 0.0109. The van der Waals surface area contributed by atoms with E-state index in [1.165, 1.54) is 35.1 Å². The molecule has 3 heterocycles. The molecule has 0 spiro atoms. The Bertz CT molecular complexity index is 1890. The van der Waals surface area contributed by atoms with Crippen LogP contribution in [0.15, 0.2) is 76.0 Å². The topological polar surface area (TPSA) is 96.0 Å². The van der Waals surface area contributed by atoms with Crippen molar-refractivity contribution in [1.29, 1.82) is 0 Å². The van der Waals surface area contributed by atoms with E-state index in [2.05, 4.69) is 12.1 Å². The zero-order valence-electron chi connectivity index (χ0n) is 19.7. The predicted molar refractivity (Wildman–Crippen MR) is 143 cm³/mol. The number of aromatic nitrogens is 1. The molecule has 0 radical (unpaired) electrons. The zero-order chi connectivity index (χ0) is 26.0. The van der Waals surface area contributed by atoms with Crippen molar-refractivity contribution >= 4 is 40.4 Å². The third kappa shape index (κ3) is 3.50. The third-order valence-electron chi connectivity index (χ3n) is 7.08. The van der Waals surface area contributed by atoms with E-state index in [0.717, 1.165) is 35.2 Å². The van der Waals surface area contributed by atoms with Gasteiger partial charge in [-0.3, -0.25) is 19.5 Å². The minimum Gasteiger partial charge on any atom is -0.454 e. The summed E-state index contributed by atoms with van der Waals surface area (Å²) in [6.45, 7) is -0.0109. The van der Waals surface area contributed by atoms with Crippen molar-refractivity contribution in [2.24, 2.45) is 4.99 Å². The van der Waals surface area contributed by atoms with E-state index in [-0.39, 0.29) is 23.6 Å². The molecule has 0 saturated heterocycles. The van der Waals surface area contributed by atoms with Crippen LogP contribution in [0.5, 0.6) is 11.5 Å². The Morgan fingerprint density at radius 2 is 1.84 bits per heavy atom. The third-order valence-corrected chi connectivity index (χ3v) is 8.41. The molecule has 7 rings (SSSR count). The zero-order valence-corrected chi connectivity index (χ0v) is 21.3. The van der Waals surface area contributed by atoms with Gasteiger partial charge in [0.05, 0.1) is 32.8 Å². The highest BCUT2D eigenvalue weighted by atomic mass is 35.5. The summed E-state index contributed by atoms with van der Waals surface area (Å²) in [7, 11) is 0. The summed E-state index contributed by atoms with van der Waals surface area (Å²) in [5.74, 6) is 0.705. The van der Waals surface area contributed by atoms with Gasteiger partial charge in [-0.05, 0) is 47.8 Å². The van der Waals surface area contributed by atoms with Crippen molar-refractivity contribution in [2.45, 2.75) is 18.9 Å². The first-order valence-electron chi connectivity index (χ1n) is 11.9. The number of thiazole rings is 1. The molecule has 4 aromatic rings. The van der Waals surface area contributed by atoms with Gasteiger partial charge in [0.1, 0.15) is 0 Å². The molecule has 0 N–H and O–H groups in total. The molecule has 1 aromatic heterocycles. The SMILES string of the molecule is O=c1c(=Cc2cc3c(cc2[N+](=O)[O-])OCO3)sc2n1[C@@H](c1ccccc1Cl)C1=C(N=2)c2ccccc2CC1. The molecule has 3 aromatic carbocycles. The lowest BCUT2D eigenvalue weighted by Crippen LogP contribution is -2.38. The van der Waals surface area contributed by atoms with Crippen LogP contribution < -0.4 is 24.4 Å². The number of fused-ring (bicyclic) bond motifs is 4. The summed E-state index contributed by atoms with van der Waals surface area (Å²) in [6.07, 6.45) is 3.10. The fraction of sp³-hybridized carbons (Fsp3) is 0.143. The van der Waals surface area contributed by atoms with Gasteiger partial charge in [0.15, 0.2) is 16.3 Å². The number of rotatable bonds is 3. The highest BCUT2D eigenvalue weighted by Gasteiger charge is 2.33. The Labute approximate surface area is 224 Å². The Balaban J connectivity index is 1.50. The number of halogens is 1. The first-order valence-corrected chi connectivity index (χ1v) is 13.1. The number of benzene rings is 3. The van der Waals surface area contributed by atoms with E-state index in [0.29, 0.717) is 25.9 Å². The maximum absolute atomic E-state index is 13.9. The van der Waals surface area contributed by atoms with Crippen molar-refractivity contribution in [3.63, 3.8) is 0 Å². The lowest BCUT2D eigenvalue weighted by atomic mass is 9.83. The molecule has 10 heteroatoms. The van der Waals surface area contributed by atoms with Gasteiger partial charge >= 0.3 is 0 Å². The van der Waals surface area contributed by atoms with Gasteiger partial charge in [0, 0.05) is 10.6 Å². The molecule has 38 heavy (non-hydrogen) atoms. The maximum Gasteiger partial charge on any atom is 0.280 e. The van der Waals surface area contributed by atoms with Crippen LogP contribution >= 0.6 is 22.9 Å². The number of nitrogens with zero attached hydrogens (tertiary/aromatic N) is 3. The molecule has 8 nitrogen and oxygen atoms in total. The van der Waals surface area contributed by atoms with Crippen molar-refractivity contribution in [1.82, 2.24) is 4.57 Å². The highest BCUT2D eigenvalue weighted by Crippen LogP contribution is 2.43. The number of nitro groups is 1. The summed E-state index contributed by atoms with van der Waals surface area (Å²) in [5.41, 5.74) is 4.78. The van der Waals surface area contributed by atoms with Crippen molar-refractivity contribution in [3.05, 3.63) is 123 Å². The molecule has 1 aliphatic carbocycles. The largest absolute Gasteiger partial charge is 0.454 e. The average Bonchev–Trinajstić information content (AvgIpc) is 3.51. The smallest absolute Gasteiger partial charge is 0.280 e. The van der Waals surface area contributed by atoms with Crippen molar-refractivity contribution in [3.8, 4) is 11.5 Å². The second-order valence-corrected chi connectivity index (χ2v) is 10.6. The quantitative estimate of drug-likeness (QED) is 0.278. The summed E-state index contributed by atoms with van der Waals surface area (Å²) in [5, 5.41) is 12.4. The van der Waals surface area contributed by atoms with Gasteiger partial charge in [-0.15, -0.1) is 0 Å². The number of aryl methyl sites for hydroxylation is 1. The summed E-state index contributed by atoms with van der Waals surface area (Å²) in [4.78, 5) is 30.8. The molecule has 0 bridgehead atoms.